The lowest BCUT2D eigenvalue weighted by Gasteiger charge is -2.09. The van der Waals surface area contributed by atoms with Crippen LogP contribution in [-0.4, -0.2) is 0 Å². The molecule has 0 saturated carbocycles. The summed E-state index contributed by atoms with van der Waals surface area (Å²) in [7, 11) is 0. The number of nitrogen functional groups attached to an aromatic ring is 2. The Bertz CT molecular complexity index is 1120. The average molecular weight is 449 g/mol. The molecule has 4 rings (SSSR count). The summed E-state index contributed by atoms with van der Waals surface area (Å²) < 4.78 is 0. The van der Waals surface area contributed by atoms with E-state index in [1.54, 1.807) is 0 Å². The Balaban J connectivity index is 1.31. The Kier molecular flexibility index (Phi) is 7.69. The molecule has 0 aliphatic rings. The molecule has 0 amide bonds. The van der Waals surface area contributed by atoms with Crippen molar-refractivity contribution in [2.75, 3.05) is 11.5 Å². The van der Waals surface area contributed by atoms with E-state index in [2.05, 4.69) is 86.6 Å². The molecule has 2 nitrogen and oxygen atoms in total. The third-order valence-electron chi connectivity index (χ3n) is 6.74. The van der Waals surface area contributed by atoms with Gasteiger partial charge in [-0.15, -0.1) is 0 Å². The number of nitrogens with two attached hydrogens (primary N) is 2. The van der Waals surface area contributed by atoms with Gasteiger partial charge >= 0.3 is 0 Å². The minimum Gasteiger partial charge on any atom is -0.399 e. The summed E-state index contributed by atoms with van der Waals surface area (Å²) in [5, 5.41) is 0. The third-order valence-corrected chi connectivity index (χ3v) is 6.74. The molecule has 0 fully saturated rings. The van der Waals surface area contributed by atoms with Crippen LogP contribution in [-0.2, 0) is 38.5 Å². The molecule has 0 radical (unpaired) electrons. The number of benzene rings is 4. The van der Waals surface area contributed by atoms with Crippen molar-refractivity contribution in [2.45, 2.75) is 52.4 Å². The fourth-order valence-electron chi connectivity index (χ4n) is 4.56. The Labute approximate surface area is 204 Å². The molecular formula is C32H36N2. The van der Waals surface area contributed by atoms with Crippen LogP contribution in [0.1, 0.15) is 58.4 Å². The highest BCUT2D eigenvalue weighted by atomic mass is 14.6. The van der Waals surface area contributed by atoms with Gasteiger partial charge in [0.1, 0.15) is 0 Å². The molecule has 2 heteroatoms. The minimum absolute atomic E-state index is 0.894. The summed E-state index contributed by atoms with van der Waals surface area (Å²) in [4.78, 5) is 0. The van der Waals surface area contributed by atoms with Crippen LogP contribution in [0.3, 0.4) is 0 Å². The van der Waals surface area contributed by atoms with E-state index in [0.717, 1.165) is 49.9 Å². The molecule has 0 spiro atoms. The number of anilines is 2. The Hall–Kier alpha value is -3.52. The zero-order chi connectivity index (χ0) is 23.9. The number of rotatable bonds is 9. The van der Waals surface area contributed by atoms with Crippen molar-refractivity contribution < 1.29 is 0 Å². The maximum atomic E-state index is 6.05. The van der Waals surface area contributed by atoms with Gasteiger partial charge in [-0.25, -0.2) is 0 Å². The second kappa shape index (κ2) is 11.1. The second-order valence-electron chi connectivity index (χ2n) is 9.26. The van der Waals surface area contributed by atoms with Gasteiger partial charge in [0.15, 0.2) is 0 Å². The van der Waals surface area contributed by atoms with Crippen molar-refractivity contribution in [3.63, 3.8) is 0 Å². The van der Waals surface area contributed by atoms with E-state index in [-0.39, 0.29) is 0 Å². The minimum atomic E-state index is 0.894. The van der Waals surface area contributed by atoms with Crippen molar-refractivity contribution in [3.05, 3.63) is 129 Å². The van der Waals surface area contributed by atoms with Gasteiger partial charge in [0.2, 0.25) is 0 Å². The molecule has 0 heterocycles. The number of hydrogen-bond donors (Lipinski definition) is 2. The van der Waals surface area contributed by atoms with E-state index in [4.69, 9.17) is 11.5 Å². The van der Waals surface area contributed by atoms with E-state index >= 15 is 0 Å². The molecular weight excluding hydrogens is 412 g/mol. The Morgan fingerprint density at radius 1 is 0.441 bits per heavy atom. The Morgan fingerprint density at radius 3 is 1.12 bits per heavy atom. The average Bonchev–Trinajstić information content (AvgIpc) is 2.86. The van der Waals surface area contributed by atoms with Gasteiger partial charge < -0.3 is 11.5 Å². The molecule has 4 aromatic carbocycles. The summed E-state index contributed by atoms with van der Waals surface area (Å²) in [5.74, 6) is 0. The summed E-state index contributed by atoms with van der Waals surface area (Å²) in [6, 6.07) is 31.0. The predicted octanol–water partition coefficient (Wildman–Crippen LogP) is 6.94. The van der Waals surface area contributed by atoms with Crippen LogP contribution in [0.2, 0.25) is 0 Å². The van der Waals surface area contributed by atoms with Gasteiger partial charge in [0, 0.05) is 11.4 Å². The van der Waals surface area contributed by atoms with Crippen molar-refractivity contribution in [1.82, 2.24) is 0 Å². The molecule has 0 bridgehead atoms. The van der Waals surface area contributed by atoms with Crippen LogP contribution in [0.5, 0.6) is 0 Å². The first kappa shape index (κ1) is 23.6. The highest BCUT2D eigenvalue weighted by molar-refractivity contribution is 5.50. The highest BCUT2D eigenvalue weighted by Crippen LogP contribution is 2.20. The largest absolute Gasteiger partial charge is 0.399 e. The van der Waals surface area contributed by atoms with Gasteiger partial charge in [-0.2, -0.15) is 0 Å². The first-order chi connectivity index (χ1) is 16.5. The SMILES string of the molecule is CCc1cc(Cc2ccc(CCc3ccc(Cc4ccc(N)c(CC)c4)cc3)cc2)ccc1N. The summed E-state index contributed by atoms with van der Waals surface area (Å²) >= 11 is 0. The van der Waals surface area contributed by atoms with Crippen molar-refractivity contribution in [1.29, 1.82) is 0 Å². The lowest BCUT2D eigenvalue weighted by molar-refractivity contribution is 0.955. The van der Waals surface area contributed by atoms with Crippen molar-refractivity contribution >= 4 is 11.4 Å². The number of hydrogen-bond acceptors (Lipinski definition) is 2. The zero-order valence-electron chi connectivity index (χ0n) is 20.5. The van der Waals surface area contributed by atoms with E-state index in [0.29, 0.717) is 0 Å². The van der Waals surface area contributed by atoms with E-state index < -0.39 is 0 Å². The van der Waals surface area contributed by atoms with Crippen LogP contribution >= 0.6 is 0 Å². The van der Waals surface area contributed by atoms with Gasteiger partial charge in [-0.05, 0) is 95.2 Å². The lowest BCUT2D eigenvalue weighted by atomic mass is 9.97. The normalized spacial score (nSPS) is 11.0. The van der Waals surface area contributed by atoms with Gasteiger partial charge in [-0.3, -0.25) is 0 Å². The monoisotopic (exact) mass is 448 g/mol. The van der Waals surface area contributed by atoms with Crippen LogP contribution in [0, 0.1) is 0 Å². The quantitative estimate of drug-likeness (QED) is 0.272. The second-order valence-corrected chi connectivity index (χ2v) is 9.26. The molecule has 34 heavy (non-hydrogen) atoms. The maximum absolute atomic E-state index is 6.05. The molecule has 0 saturated heterocycles. The van der Waals surface area contributed by atoms with E-state index in [1.165, 1.54) is 44.5 Å². The summed E-state index contributed by atoms with van der Waals surface area (Å²) in [5.41, 5.74) is 24.5. The molecule has 4 aromatic rings. The molecule has 174 valence electrons. The van der Waals surface area contributed by atoms with E-state index in [1.807, 2.05) is 12.1 Å². The molecule has 4 N–H and O–H groups in total. The molecule has 0 aliphatic carbocycles. The fourth-order valence-corrected chi connectivity index (χ4v) is 4.56. The lowest BCUT2D eigenvalue weighted by Crippen LogP contribution is -1.97. The zero-order valence-corrected chi connectivity index (χ0v) is 20.5. The standard InChI is InChI=1S/C32H36N2/c1-3-29-21-27(15-17-31(29)33)19-25-11-7-23(8-12-25)5-6-24-9-13-26(14-10-24)20-28-16-18-32(34)30(4-2)22-28/h7-18,21-22H,3-6,19-20,33-34H2,1-2H3. The molecule has 0 atom stereocenters. The fraction of sp³-hybridized carbons (Fsp3) is 0.250. The van der Waals surface area contributed by atoms with Crippen molar-refractivity contribution in [2.24, 2.45) is 0 Å². The summed E-state index contributed by atoms with van der Waals surface area (Å²) in [6.45, 7) is 4.30. The third kappa shape index (κ3) is 6.08. The van der Waals surface area contributed by atoms with Crippen LogP contribution in [0.15, 0.2) is 84.9 Å². The predicted molar refractivity (Wildman–Crippen MR) is 146 cm³/mol. The molecule has 0 unspecified atom stereocenters. The Morgan fingerprint density at radius 2 is 0.765 bits per heavy atom. The summed E-state index contributed by atoms with van der Waals surface area (Å²) in [6.07, 6.45) is 5.95. The van der Waals surface area contributed by atoms with Crippen LogP contribution in [0.25, 0.3) is 0 Å². The highest BCUT2D eigenvalue weighted by Gasteiger charge is 2.04. The van der Waals surface area contributed by atoms with Gasteiger partial charge in [-0.1, -0.05) is 86.6 Å². The van der Waals surface area contributed by atoms with Crippen LogP contribution in [0.4, 0.5) is 11.4 Å². The first-order valence-corrected chi connectivity index (χ1v) is 12.4. The maximum Gasteiger partial charge on any atom is 0.0346 e. The van der Waals surface area contributed by atoms with Gasteiger partial charge in [0.25, 0.3) is 0 Å². The smallest absolute Gasteiger partial charge is 0.0346 e. The number of aryl methyl sites for hydroxylation is 4. The molecule has 0 aromatic heterocycles. The van der Waals surface area contributed by atoms with Gasteiger partial charge in [0.05, 0.1) is 0 Å². The van der Waals surface area contributed by atoms with Crippen molar-refractivity contribution in [3.8, 4) is 0 Å². The van der Waals surface area contributed by atoms with Crippen LogP contribution < -0.4 is 11.5 Å². The first-order valence-electron chi connectivity index (χ1n) is 12.4. The topological polar surface area (TPSA) is 52.0 Å². The molecule has 0 aliphatic heterocycles. The van der Waals surface area contributed by atoms with E-state index in [9.17, 15) is 0 Å².